The number of hydrogen-bond acceptors (Lipinski definition) is 5. The zero-order valence-corrected chi connectivity index (χ0v) is 15.8. The van der Waals surface area contributed by atoms with Crippen LogP contribution in [-0.4, -0.2) is 66.0 Å². The van der Waals surface area contributed by atoms with E-state index in [2.05, 4.69) is 26.2 Å². The largest absolute Gasteiger partial charge is 0.356 e. The van der Waals surface area contributed by atoms with E-state index in [0.29, 0.717) is 19.1 Å². The predicted octanol–water partition coefficient (Wildman–Crippen LogP) is 1.22. The van der Waals surface area contributed by atoms with Crippen molar-refractivity contribution in [1.82, 2.24) is 20.1 Å². The lowest BCUT2D eigenvalue weighted by Gasteiger charge is -2.42. The lowest BCUT2D eigenvalue weighted by atomic mass is 9.93. The highest BCUT2D eigenvalue weighted by Crippen LogP contribution is 2.24. The molecule has 0 radical (unpaired) electrons. The molecule has 144 valence electrons. The van der Waals surface area contributed by atoms with E-state index in [1.165, 1.54) is 18.4 Å². The monoisotopic (exact) mass is 359 g/mol. The number of nitrogens with zero attached hydrogens (tertiary/aromatic N) is 3. The lowest BCUT2D eigenvalue weighted by Crippen LogP contribution is -2.50. The Morgan fingerprint density at radius 3 is 2.85 bits per heavy atom. The number of carbonyl (C=O) groups is 1. The van der Waals surface area contributed by atoms with E-state index >= 15 is 0 Å². The second-order valence-electron chi connectivity index (χ2n) is 7.64. The third-order valence-electron chi connectivity index (χ3n) is 5.71. The van der Waals surface area contributed by atoms with Gasteiger partial charge in [0, 0.05) is 38.1 Å². The van der Waals surface area contributed by atoms with E-state index in [-0.39, 0.29) is 11.8 Å². The second-order valence-corrected chi connectivity index (χ2v) is 7.64. The van der Waals surface area contributed by atoms with Crippen LogP contribution in [0.2, 0.25) is 0 Å². The minimum absolute atomic E-state index is 0.148. The second kappa shape index (κ2) is 10.00. The standard InChI is InChI=1S/C20H33N5O/c21-8-3-10-23-20(26)18-5-2-11-25(16-18)19-6-12-24(13-7-19)15-17-4-1-9-22-14-17/h1,4,9,14,18-19H,2-3,5-8,10-13,15-16,21H2,(H,23,26)/t18-/m0/s1. The van der Waals surface area contributed by atoms with Crippen molar-refractivity contribution < 1.29 is 4.79 Å². The van der Waals surface area contributed by atoms with E-state index in [4.69, 9.17) is 5.73 Å². The van der Waals surface area contributed by atoms with Gasteiger partial charge < -0.3 is 11.1 Å². The van der Waals surface area contributed by atoms with E-state index in [1.54, 1.807) is 0 Å². The van der Waals surface area contributed by atoms with Crippen molar-refractivity contribution in [3.63, 3.8) is 0 Å². The molecule has 3 rings (SSSR count). The number of likely N-dealkylation sites (tertiary alicyclic amines) is 2. The van der Waals surface area contributed by atoms with Gasteiger partial charge in [-0.25, -0.2) is 0 Å². The smallest absolute Gasteiger partial charge is 0.224 e. The van der Waals surface area contributed by atoms with Gasteiger partial charge >= 0.3 is 0 Å². The first kappa shape index (κ1) is 19.3. The molecule has 1 aromatic heterocycles. The van der Waals surface area contributed by atoms with Crippen molar-refractivity contribution in [3.8, 4) is 0 Å². The molecular weight excluding hydrogens is 326 g/mol. The summed E-state index contributed by atoms with van der Waals surface area (Å²) in [5.41, 5.74) is 6.80. The molecule has 3 N–H and O–H groups in total. The van der Waals surface area contributed by atoms with E-state index < -0.39 is 0 Å². The average molecular weight is 360 g/mol. The molecule has 0 unspecified atom stereocenters. The summed E-state index contributed by atoms with van der Waals surface area (Å²) in [6.07, 6.45) is 9.19. The Balaban J connectivity index is 1.43. The van der Waals surface area contributed by atoms with Crippen LogP contribution in [0.15, 0.2) is 24.5 Å². The average Bonchev–Trinajstić information content (AvgIpc) is 2.69. The SMILES string of the molecule is NCCCNC(=O)[C@H]1CCCN(C2CCN(Cc3cccnc3)CC2)C1. The predicted molar refractivity (Wildman–Crippen MR) is 104 cm³/mol. The van der Waals surface area contributed by atoms with Gasteiger partial charge in [0.2, 0.25) is 5.91 Å². The summed E-state index contributed by atoms with van der Waals surface area (Å²) in [6, 6.07) is 4.78. The molecule has 6 nitrogen and oxygen atoms in total. The molecule has 26 heavy (non-hydrogen) atoms. The molecule has 2 aliphatic heterocycles. The van der Waals surface area contributed by atoms with Gasteiger partial charge in [-0.05, 0) is 69.9 Å². The molecule has 2 saturated heterocycles. The van der Waals surface area contributed by atoms with Crippen LogP contribution in [0.3, 0.4) is 0 Å². The number of piperidine rings is 2. The van der Waals surface area contributed by atoms with Gasteiger partial charge in [0.25, 0.3) is 0 Å². The molecule has 0 aromatic carbocycles. The van der Waals surface area contributed by atoms with Crippen molar-refractivity contribution >= 4 is 5.91 Å². The third kappa shape index (κ3) is 5.50. The molecular formula is C20H33N5O. The molecule has 0 saturated carbocycles. The summed E-state index contributed by atoms with van der Waals surface area (Å²) >= 11 is 0. The van der Waals surface area contributed by atoms with Crippen LogP contribution in [-0.2, 0) is 11.3 Å². The van der Waals surface area contributed by atoms with Crippen molar-refractivity contribution in [1.29, 1.82) is 0 Å². The number of nitrogens with two attached hydrogens (primary N) is 1. The Morgan fingerprint density at radius 2 is 2.12 bits per heavy atom. The van der Waals surface area contributed by atoms with Crippen LogP contribution < -0.4 is 11.1 Å². The number of pyridine rings is 1. The minimum Gasteiger partial charge on any atom is -0.356 e. The fraction of sp³-hybridized carbons (Fsp3) is 0.700. The Morgan fingerprint density at radius 1 is 1.27 bits per heavy atom. The van der Waals surface area contributed by atoms with Gasteiger partial charge in [-0.1, -0.05) is 6.07 Å². The number of hydrogen-bond donors (Lipinski definition) is 2. The zero-order valence-electron chi connectivity index (χ0n) is 15.8. The molecule has 1 aromatic rings. The highest BCUT2D eigenvalue weighted by atomic mass is 16.1. The number of nitrogens with one attached hydrogen (secondary N) is 1. The van der Waals surface area contributed by atoms with Gasteiger partial charge in [0.05, 0.1) is 5.92 Å². The summed E-state index contributed by atoms with van der Waals surface area (Å²) in [4.78, 5) is 21.7. The van der Waals surface area contributed by atoms with E-state index in [9.17, 15) is 4.79 Å². The van der Waals surface area contributed by atoms with E-state index in [0.717, 1.165) is 52.0 Å². The van der Waals surface area contributed by atoms with Crippen LogP contribution in [0.25, 0.3) is 0 Å². The van der Waals surface area contributed by atoms with Crippen LogP contribution in [0, 0.1) is 5.92 Å². The highest BCUT2D eigenvalue weighted by Gasteiger charge is 2.31. The van der Waals surface area contributed by atoms with E-state index in [1.807, 2.05) is 18.5 Å². The van der Waals surface area contributed by atoms with Crippen molar-refractivity contribution in [3.05, 3.63) is 30.1 Å². The van der Waals surface area contributed by atoms with Crippen molar-refractivity contribution in [2.24, 2.45) is 11.7 Å². The van der Waals surface area contributed by atoms with Crippen LogP contribution in [0.5, 0.6) is 0 Å². The molecule has 1 amide bonds. The Hall–Kier alpha value is -1.50. The molecule has 2 fully saturated rings. The summed E-state index contributed by atoms with van der Waals surface area (Å²) in [6.45, 7) is 6.65. The van der Waals surface area contributed by atoms with Gasteiger partial charge in [-0.3, -0.25) is 19.6 Å². The summed E-state index contributed by atoms with van der Waals surface area (Å²) in [5, 5.41) is 3.05. The molecule has 0 aliphatic carbocycles. The topological polar surface area (TPSA) is 74.5 Å². The fourth-order valence-electron chi connectivity index (χ4n) is 4.20. The Kier molecular flexibility index (Phi) is 7.41. The van der Waals surface area contributed by atoms with Gasteiger partial charge in [-0.15, -0.1) is 0 Å². The normalized spacial score (nSPS) is 23.0. The number of rotatable bonds is 7. The Labute approximate surface area is 157 Å². The van der Waals surface area contributed by atoms with Crippen molar-refractivity contribution in [2.75, 3.05) is 39.3 Å². The summed E-state index contributed by atoms with van der Waals surface area (Å²) in [7, 11) is 0. The molecule has 2 aliphatic rings. The Bertz CT molecular complexity index is 544. The lowest BCUT2D eigenvalue weighted by molar-refractivity contribution is -0.127. The number of carbonyl (C=O) groups excluding carboxylic acids is 1. The molecule has 6 heteroatoms. The van der Waals surface area contributed by atoms with Gasteiger partial charge in [-0.2, -0.15) is 0 Å². The first-order valence-electron chi connectivity index (χ1n) is 10.1. The van der Waals surface area contributed by atoms with Crippen molar-refractivity contribution in [2.45, 2.75) is 44.7 Å². The molecule has 3 heterocycles. The van der Waals surface area contributed by atoms with Gasteiger partial charge in [0.1, 0.15) is 0 Å². The summed E-state index contributed by atoms with van der Waals surface area (Å²) < 4.78 is 0. The molecule has 0 bridgehead atoms. The fourth-order valence-corrected chi connectivity index (χ4v) is 4.20. The highest BCUT2D eigenvalue weighted by molar-refractivity contribution is 5.78. The maximum atomic E-state index is 12.4. The first-order chi connectivity index (χ1) is 12.8. The van der Waals surface area contributed by atoms with Crippen LogP contribution in [0.4, 0.5) is 0 Å². The van der Waals surface area contributed by atoms with Crippen LogP contribution in [0.1, 0.15) is 37.7 Å². The molecule has 0 spiro atoms. The quantitative estimate of drug-likeness (QED) is 0.716. The first-order valence-corrected chi connectivity index (χ1v) is 10.1. The minimum atomic E-state index is 0.148. The number of aromatic nitrogens is 1. The maximum absolute atomic E-state index is 12.4. The summed E-state index contributed by atoms with van der Waals surface area (Å²) in [5.74, 6) is 0.368. The molecule has 1 atom stereocenters. The van der Waals surface area contributed by atoms with Crippen LogP contribution >= 0.6 is 0 Å². The zero-order chi connectivity index (χ0) is 18.2. The number of amides is 1. The maximum Gasteiger partial charge on any atom is 0.224 e. The van der Waals surface area contributed by atoms with Gasteiger partial charge in [0.15, 0.2) is 0 Å². The third-order valence-corrected chi connectivity index (χ3v) is 5.71.